The van der Waals surface area contributed by atoms with Gasteiger partial charge in [0.2, 0.25) is 0 Å². The van der Waals surface area contributed by atoms with Gasteiger partial charge in [-0.1, -0.05) is 0 Å². The summed E-state index contributed by atoms with van der Waals surface area (Å²) in [5.74, 6) is 0. The van der Waals surface area contributed by atoms with E-state index in [2.05, 4.69) is 29.1 Å². The zero-order valence-electron chi connectivity index (χ0n) is 10.2. The number of pyridine rings is 2. The minimum absolute atomic E-state index is 0.317. The highest BCUT2D eigenvalue weighted by atomic mass is 14.9. The van der Waals surface area contributed by atoms with Crippen molar-refractivity contribution in [2.75, 3.05) is 0 Å². The van der Waals surface area contributed by atoms with Gasteiger partial charge in [0.15, 0.2) is 0 Å². The van der Waals surface area contributed by atoms with Crippen molar-refractivity contribution in [3.63, 3.8) is 0 Å². The molecule has 0 radical (unpaired) electrons. The third-order valence-corrected chi connectivity index (χ3v) is 2.95. The van der Waals surface area contributed by atoms with Crippen LogP contribution in [0, 0.1) is 6.92 Å². The molecule has 2 heterocycles. The minimum atomic E-state index is 0.317. The zero-order chi connectivity index (χ0) is 12.1. The highest BCUT2D eigenvalue weighted by Gasteiger charge is 2.05. The molecule has 0 aliphatic carbocycles. The van der Waals surface area contributed by atoms with Crippen molar-refractivity contribution < 1.29 is 0 Å². The molecule has 1 unspecified atom stereocenters. The van der Waals surface area contributed by atoms with E-state index in [9.17, 15) is 0 Å². The lowest BCUT2D eigenvalue weighted by Crippen LogP contribution is -2.18. The van der Waals surface area contributed by atoms with Crippen LogP contribution in [-0.4, -0.2) is 9.97 Å². The van der Waals surface area contributed by atoms with Gasteiger partial charge in [-0.2, -0.15) is 0 Å². The summed E-state index contributed by atoms with van der Waals surface area (Å²) in [6, 6.07) is 6.42. The van der Waals surface area contributed by atoms with E-state index in [0.717, 1.165) is 6.54 Å². The molecule has 2 rings (SSSR count). The summed E-state index contributed by atoms with van der Waals surface area (Å²) in [6.07, 6.45) is 7.39. The SMILES string of the molecule is Cc1ccncc1CNC(C)c1ccncc1. The van der Waals surface area contributed by atoms with Crippen molar-refractivity contribution in [3.05, 3.63) is 59.7 Å². The lowest BCUT2D eigenvalue weighted by atomic mass is 10.1. The largest absolute Gasteiger partial charge is 0.306 e. The monoisotopic (exact) mass is 227 g/mol. The highest BCUT2D eigenvalue weighted by Crippen LogP contribution is 2.12. The van der Waals surface area contributed by atoms with Crippen molar-refractivity contribution in [1.82, 2.24) is 15.3 Å². The molecule has 3 nitrogen and oxygen atoms in total. The van der Waals surface area contributed by atoms with Crippen LogP contribution in [0.15, 0.2) is 43.0 Å². The Hall–Kier alpha value is -1.74. The van der Waals surface area contributed by atoms with Crippen LogP contribution in [0.3, 0.4) is 0 Å². The van der Waals surface area contributed by atoms with E-state index < -0.39 is 0 Å². The first-order valence-corrected chi connectivity index (χ1v) is 5.80. The quantitative estimate of drug-likeness (QED) is 0.872. The van der Waals surface area contributed by atoms with Gasteiger partial charge in [0, 0.05) is 37.4 Å². The summed E-state index contributed by atoms with van der Waals surface area (Å²) in [4.78, 5) is 8.17. The summed E-state index contributed by atoms with van der Waals surface area (Å²) >= 11 is 0. The second-order valence-electron chi connectivity index (χ2n) is 4.19. The lowest BCUT2D eigenvalue weighted by Gasteiger charge is -2.14. The maximum atomic E-state index is 4.15. The number of aromatic nitrogens is 2. The molecule has 0 bridgehead atoms. The van der Waals surface area contributed by atoms with Gasteiger partial charge in [0.05, 0.1) is 0 Å². The summed E-state index contributed by atoms with van der Waals surface area (Å²) < 4.78 is 0. The van der Waals surface area contributed by atoms with Gasteiger partial charge in [-0.05, 0) is 48.7 Å². The highest BCUT2D eigenvalue weighted by molar-refractivity contribution is 5.22. The van der Waals surface area contributed by atoms with Crippen molar-refractivity contribution in [1.29, 1.82) is 0 Å². The fourth-order valence-corrected chi connectivity index (χ4v) is 1.71. The van der Waals surface area contributed by atoms with Crippen LogP contribution in [0.1, 0.15) is 29.7 Å². The number of rotatable bonds is 4. The predicted molar refractivity (Wildman–Crippen MR) is 68.5 cm³/mol. The minimum Gasteiger partial charge on any atom is -0.306 e. The van der Waals surface area contributed by atoms with Gasteiger partial charge in [-0.25, -0.2) is 0 Å². The number of hydrogen-bond acceptors (Lipinski definition) is 3. The Bertz CT molecular complexity index is 468. The Morgan fingerprint density at radius 3 is 2.53 bits per heavy atom. The molecule has 0 saturated heterocycles. The van der Waals surface area contributed by atoms with Crippen molar-refractivity contribution >= 4 is 0 Å². The Kier molecular flexibility index (Phi) is 3.83. The molecule has 0 fully saturated rings. The number of hydrogen-bond donors (Lipinski definition) is 1. The van der Waals surface area contributed by atoms with Gasteiger partial charge in [0.1, 0.15) is 0 Å². The Morgan fingerprint density at radius 2 is 1.82 bits per heavy atom. The van der Waals surface area contributed by atoms with Crippen molar-refractivity contribution in [3.8, 4) is 0 Å². The van der Waals surface area contributed by atoms with E-state index in [4.69, 9.17) is 0 Å². The van der Waals surface area contributed by atoms with Gasteiger partial charge < -0.3 is 5.32 Å². The van der Waals surface area contributed by atoms with E-state index in [1.807, 2.05) is 43.0 Å². The third kappa shape index (κ3) is 3.11. The summed E-state index contributed by atoms with van der Waals surface area (Å²) in [6.45, 7) is 5.10. The molecule has 17 heavy (non-hydrogen) atoms. The lowest BCUT2D eigenvalue weighted by molar-refractivity contribution is 0.572. The summed E-state index contributed by atoms with van der Waals surface area (Å²) in [5.41, 5.74) is 3.77. The fourth-order valence-electron chi connectivity index (χ4n) is 1.71. The fraction of sp³-hybridized carbons (Fsp3) is 0.286. The Morgan fingerprint density at radius 1 is 1.12 bits per heavy atom. The van der Waals surface area contributed by atoms with Gasteiger partial charge in [-0.3, -0.25) is 9.97 Å². The molecule has 1 atom stereocenters. The van der Waals surface area contributed by atoms with Crippen LogP contribution in [0.5, 0.6) is 0 Å². The molecule has 0 saturated carbocycles. The average molecular weight is 227 g/mol. The van der Waals surface area contributed by atoms with E-state index in [-0.39, 0.29) is 0 Å². The smallest absolute Gasteiger partial charge is 0.0315 e. The van der Waals surface area contributed by atoms with Gasteiger partial charge in [-0.15, -0.1) is 0 Å². The topological polar surface area (TPSA) is 37.8 Å². The molecular weight excluding hydrogens is 210 g/mol. The number of aryl methyl sites for hydroxylation is 1. The first-order valence-electron chi connectivity index (χ1n) is 5.80. The van der Waals surface area contributed by atoms with E-state index in [1.54, 1.807) is 0 Å². The molecule has 0 spiro atoms. The molecule has 0 aliphatic heterocycles. The first-order chi connectivity index (χ1) is 8.27. The molecule has 88 valence electrons. The molecular formula is C14H17N3. The normalized spacial score (nSPS) is 12.4. The summed E-state index contributed by atoms with van der Waals surface area (Å²) in [5, 5.41) is 3.49. The van der Waals surface area contributed by atoms with E-state index >= 15 is 0 Å². The Balaban J connectivity index is 1.97. The number of nitrogens with zero attached hydrogens (tertiary/aromatic N) is 2. The molecule has 1 N–H and O–H groups in total. The molecule has 3 heteroatoms. The molecule has 2 aromatic rings. The van der Waals surface area contributed by atoms with Crippen LogP contribution < -0.4 is 5.32 Å². The molecule has 0 aliphatic rings. The van der Waals surface area contributed by atoms with Crippen LogP contribution in [0.25, 0.3) is 0 Å². The second-order valence-corrected chi connectivity index (χ2v) is 4.19. The predicted octanol–water partition coefficient (Wildman–Crippen LogP) is 2.64. The number of nitrogens with one attached hydrogen (secondary N) is 1. The van der Waals surface area contributed by atoms with Gasteiger partial charge >= 0.3 is 0 Å². The molecule has 0 amide bonds. The van der Waals surface area contributed by atoms with Crippen molar-refractivity contribution in [2.45, 2.75) is 26.4 Å². The van der Waals surface area contributed by atoms with Crippen LogP contribution in [0.2, 0.25) is 0 Å². The van der Waals surface area contributed by atoms with Crippen LogP contribution in [0.4, 0.5) is 0 Å². The van der Waals surface area contributed by atoms with E-state index in [0.29, 0.717) is 6.04 Å². The van der Waals surface area contributed by atoms with E-state index in [1.165, 1.54) is 16.7 Å². The molecule has 0 aromatic carbocycles. The van der Waals surface area contributed by atoms with Crippen molar-refractivity contribution in [2.24, 2.45) is 0 Å². The summed E-state index contributed by atoms with van der Waals surface area (Å²) in [7, 11) is 0. The zero-order valence-corrected chi connectivity index (χ0v) is 10.2. The third-order valence-electron chi connectivity index (χ3n) is 2.95. The van der Waals surface area contributed by atoms with Crippen LogP contribution >= 0.6 is 0 Å². The standard InChI is InChI=1S/C14H17N3/c1-11-3-6-16-9-14(11)10-17-12(2)13-4-7-15-8-5-13/h3-9,12,17H,10H2,1-2H3. The first kappa shape index (κ1) is 11.7. The van der Waals surface area contributed by atoms with Crippen LogP contribution in [-0.2, 0) is 6.54 Å². The average Bonchev–Trinajstić information content (AvgIpc) is 2.38. The van der Waals surface area contributed by atoms with Gasteiger partial charge in [0.25, 0.3) is 0 Å². The molecule has 2 aromatic heterocycles. The maximum Gasteiger partial charge on any atom is 0.0315 e. The second kappa shape index (κ2) is 5.55. The maximum absolute atomic E-state index is 4.15. The Labute approximate surface area is 102 Å².